The Balaban J connectivity index is 2.17. The largest absolute Gasteiger partial charge is 0.463 e. The molecule has 1 unspecified atom stereocenters. The molecule has 3 rings (SSSR count). The summed E-state index contributed by atoms with van der Waals surface area (Å²) in [6, 6.07) is 14.7. The quantitative estimate of drug-likeness (QED) is 0.599. The van der Waals surface area contributed by atoms with Crippen molar-refractivity contribution in [3.8, 4) is 0 Å². The summed E-state index contributed by atoms with van der Waals surface area (Å²) >= 11 is 6.08. The molecule has 1 heterocycles. The number of hydrogen-bond donors (Lipinski definition) is 0. The Morgan fingerprint density at radius 2 is 1.53 bits per heavy atom. The van der Waals surface area contributed by atoms with E-state index >= 15 is 0 Å². The summed E-state index contributed by atoms with van der Waals surface area (Å²) in [6.45, 7) is 5.96. The lowest BCUT2D eigenvalue weighted by molar-refractivity contribution is -0.138. The zero-order valence-corrected chi connectivity index (χ0v) is 18.0. The summed E-state index contributed by atoms with van der Waals surface area (Å²) in [4.78, 5) is 27.3. The number of anilines is 1. The standard InChI is InChI=1S/C24H24ClNO4/c1-4-29-23(27)18-14-21(24(28)30-5-2)22(17-8-10-19(25)11-9-17)26(15-18)20-12-6-16(3)7-13-20/h6-15,22H,4-5H2,1-3H3. The molecule has 0 spiro atoms. The third-order valence-corrected chi connectivity index (χ3v) is 4.95. The van der Waals surface area contributed by atoms with Gasteiger partial charge in [0.2, 0.25) is 0 Å². The molecule has 0 amide bonds. The minimum atomic E-state index is -0.494. The highest BCUT2D eigenvalue weighted by molar-refractivity contribution is 6.30. The number of esters is 2. The van der Waals surface area contributed by atoms with Crippen LogP contribution in [-0.4, -0.2) is 25.2 Å². The van der Waals surface area contributed by atoms with Gasteiger partial charge >= 0.3 is 11.9 Å². The Bertz CT molecular complexity index is 977. The molecule has 5 nitrogen and oxygen atoms in total. The molecule has 0 radical (unpaired) electrons. The van der Waals surface area contributed by atoms with Crippen LogP contribution < -0.4 is 4.90 Å². The van der Waals surface area contributed by atoms with E-state index in [1.807, 2.05) is 48.2 Å². The predicted octanol–water partition coefficient (Wildman–Crippen LogP) is 5.15. The summed E-state index contributed by atoms with van der Waals surface area (Å²) < 4.78 is 10.5. The average Bonchev–Trinajstić information content (AvgIpc) is 2.74. The van der Waals surface area contributed by atoms with Crippen molar-refractivity contribution in [3.63, 3.8) is 0 Å². The van der Waals surface area contributed by atoms with E-state index in [9.17, 15) is 9.59 Å². The van der Waals surface area contributed by atoms with Crippen LogP contribution in [0.4, 0.5) is 5.69 Å². The first-order valence-electron chi connectivity index (χ1n) is 9.82. The minimum Gasteiger partial charge on any atom is -0.463 e. The number of rotatable bonds is 6. The fourth-order valence-electron chi connectivity index (χ4n) is 3.29. The highest BCUT2D eigenvalue weighted by Crippen LogP contribution is 2.38. The monoisotopic (exact) mass is 425 g/mol. The number of ether oxygens (including phenoxy) is 2. The molecular weight excluding hydrogens is 402 g/mol. The second-order valence-electron chi connectivity index (χ2n) is 6.82. The highest BCUT2D eigenvalue weighted by atomic mass is 35.5. The van der Waals surface area contributed by atoms with E-state index in [0.29, 0.717) is 10.6 Å². The van der Waals surface area contributed by atoms with Crippen molar-refractivity contribution in [3.05, 3.63) is 88.1 Å². The van der Waals surface area contributed by atoms with Gasteiger partial charge in [-0.25, -0.2) is 9.59 Å². The van der Waals surface area contributed by atoms with Crippen LogP contribution >= 0.6 is 11.6 Å². The van der Waals surface area contributed by atoms with E-state index in [-0.39, 0.29) is 18.8 Å². The van der Waals surface area contributed by atoms with E-state index in [0.717, 1.165) is 16.8 Å². The SMILES string of the molecule is CCOC(=O)C1=CN(c2ccc(C)cc2)C(c2ccc(Cl)cc2)C(C(=O)OCC)=C1. The van der Waals surface area contributed by atoms with Gasteiger partial charge in [0.05, 0.1) is 30.4 Å². The molecule has 6 heteroatoms. The van der Waals surface area contributed by atoms with Gasteiger partial charge in [-0.1, -0.05) is 41.4 Å². The van der Waals surface area contributed by atoms with E-state index in [1.54, 1.807) is 38.3 Å². The number of nitrogens with zero attached hydrogens (tertiary/aromatic N) is 1. The topological polar surface area (TPSA) is 55.8 Å². The molecular formula is C24H24ClNO4. The molecule has 2 aromatic carbocycles. The zero-order valence-electron chi connectivity index (χ0n) is 17.2. The molecule has 0 saturated carbocycles. The van der Waals surface area contributed by atoms with Gasteiger partial charge < -0.3 is 14.4 Å². The maximum absolute atomic E-state index is 12.9. The predicted molar refractivity (Wildman–Crippen MR) is 117 cm³/mol. The zero-order chi connectivity index (χ0) is 21.7. The molecule has 0 fully saturated rings. The Morgan fingerprint density at radius 1 is 0.933 bits per heavy atom. The maximum atomic E-state index is 12.9. The Labute approximate surface area is 181 Å². The average molecular weight is 426 g/mol. The molecule has 0 bridgehead atoms. The van der Waals surface area contributed by atoms with Crippen molar-refractivity contribution < 1.29 is 19.1 Å². The van der Waals surface area contributed by atoms with Gasteiger partial charge in [-0.3, -0.25) is 0 Å². The molecule has 0 aromatic heterocycles. The second kappa shape index (κ2) is 9.63. The third kappa shape index (κ3) is 4.74. The van der Waals surface area contributed by atoms with Crippen LogP contribution in [0.3, 0.4) is 0 Å². The van der Waals surface area contributed by atoms with Gasteiger partial charge in [0.25, 0.3) is 0 Å². The number of hydrogen-bond acceptors (Lipinski definition) is 5. The lowest BCUT2D eigenvalue weighted by atomic mass is 9.92. The van der Waals surface area contributed by atoms with Gasteiger partial charge in [0, 0.05) is 16.9 Å². The number of aryl methyl sites for hydroxylation is 1. The molecule has 1 aliphatic rings. The van der Waals surface area contributed by atoms with Crippen LogP contribution in [0.5, 0.6) is 0 Å². The van der Waals surface area contributed by atoms with Crippen LogP contribution in [0.1, 0.15) is 31.0 Å². The van der Waals surface area contributed by atoms with Crippen molar-refractivity contribution in [1.29, 1.82) is 0 Å². The van der Waals surface area contributed by atoms with E-state index < -0.39 is 18.0 Å². The van der Waals surface area contributed by atoms with Gasteiger partial charge in [0.15, 0.2) is 0 Å². The Morgan fingerprint density at radius 3 is 2.13 bits per heavy atom. The number of benzene rings is 2. The number of halogens is 1. The smallest absolute Gasteiger partial charge is 0.339 e. The van der Waals surface area contributed by atoms with Crippen LogP contribution in [0, 0.1) is 6.92 Å². The third-order valence-electron chi connectivity index (χ3n) is 4.70. The summed E-state index contributed by atoms with van der Waals surface area (Å²) in [6.07, 6.45) is 3.27. The normalized spacial score (nSPS) is 15.9. The van der Waals surface area contributed by atoms with E-state index in [4.69, 9.17) is 21.1 Å². The van der Waals surface area contributed by atoms with E-state index in [1.165, 1.54) is 0 Å². The number of carbonyl (C=O) groups excluding carboxylic acids is 2. The molecule has 0 aliphatic carbocycles. The first-order chi connectivity index (χ1) is 14.4. The summed E-state index contributed by atoms with van der Waals surface area (Å²) in [5, 5.41) is 0.598. The van der Waals surface area contributed by atoms with Gasteiger partial charge in [-0.15, -0.1) is 0 Å². The fraction of sp³-hybridized carbons (Fsp3) is 0.250. The van der Waals surface area contributed by atoms with Gasteiger partial charge in [-0.05, 0) is 56.7 Å². The summed E-state index contributed by atoms with van der Waals surface area (Å²) in [7, 11) is 0. The van der Waals surface area contributed by atoms with Crippen molar-refractivity contribution >= 4 is 29.2 Å². The minimum absolute atomic E-state index is 0.229. The van der Waals surface area contributed by atoms with Gasteiger partial charge in [-0.2, -0.15) is 0 Å². The van der Waals surface area contributed by atoms with Crippen LogP contribution in [0.15, 0.2) is 72.0 Å². The van der Waals surface area contributed by atoms with Crippen molar-refractivity contribution in [1.82, 2.24) is 0 Å². The molecule has 0 N–H and O–H groups in total. The summed E-state index contributed by atoms with van der Waals surface area (Å²) in [5.74, 6) is -0.976. The van der Waals surface area contributed by atoms with Crippen LogP contribution in [0.25, 0.3) is 0 Å². The maximum Gasteiger partial charge on any atom is 0.339 e. The van der Waals surface area contributed by atoms with Crippen LogP contribution in [-0.2, 0) is 19.1 Å². The molecule has 0 saturated heterocycles. The highest BCUT2D eigenvalue weighted by Gasteiger charge is 2.34. The first kappa shape index (κ1) is 21.7. The van der Waals surface area contributed by atoms with E-state index in [2.05, 4.69) is 0 Å². The number of carbonyl (C=O) groups is 2. The molecule has 1 atom stereocenters. The first-order valence-corrected chi connectivity index (χ1v) is 10.2. The lowest BCUT2D eigenvalue weighted by Crippen LogP contribution is -2.33. The molecule has 1 aliphatic heterocycles. The summed E-state index contributed by atoms with van der Waals surface area (Å²) in [5.41, 5.74) is 3.42. The Kier molecular flexibility index (Phi) is 6.95. The molecule has 30 heavy (non-hydrogen) atoms. The van der Waals surface area contributed by atoms with Gasteiger partial charge in [0.1, 0.15) is 0 Å². The lowest BCUT2D eigenvalue weighted by Gasteiger charge is -2.35. The van der Waals surface area contributed by atoms with Crippen molar-refractivity contribution in [2.75, 3.05) is 18.1 Å². The van der Waals surface area contributed by atoms with Crippen molar-refractivity contribution in [2.24, 2.45) is 0 Å². The van der Waals surface area contributed by atoms with Crippen LogP contribution in [0.2, 0.25) is 5.02 Å². The molecule has 156 valence electrons. The van der Waals surface area contributed by atoms with Crippen molar-refractivity contribution in [2.45, 2.75) is 26.8 Å². The second-order valence-corrected chi connectivity index (χ2v) is 7.26. The Hall–Kier alpha value is -3.05. The molecule has 2 aromatic rings. The fourth-order valence-corrected chi connectivity index (χ4v) is 3.42.